The van der Waals surface area contributed by atoms with Gasteiger partial charge in [-0.05, 0) is 34.5 Å². The third kappa shape index (κ3) is 1.74. The van der Waals surface area contributed by atoms with Gasteiger partial charge >= 0.3 is 0 Å². The third-order valence-corrected chi connectivity index (χ3v) is 14.3. The van der Waals surface area contributed by atoms with E-state index in [4.69, 9.17) is 23.6 Å². The lowest BCUT2D eigenvalue weighted by atomic mass is 9.96. The van der Waals surface area contributed by atoms with Crippen molar-refractivity contribution in [3.8, 4) is 0 Å². The predicted octanol–water partition coefficient (Wildman–Crippen LogP) is 1.18. The lowest BCUT2D eigenvalue weighted by Gasteiger charge is -2.35. The summed E-state index contributed by atoms with van der Waals surface area (Å²) in [7, 11) is -5.05. The largest absolute Gasteiger partial charge is 0.272 e. The van der Waals surface area contributed by atoms with Gasteiger partial charge in [-0.3, -0.25) is 4.79 Å². The highest BCUT2D eigenvalue weighted by Gasteiger charge is 2.68. The lowest BCUT2D eigenvalue weighted by Crippen LogP contribution is -2.48. The average molecular weight is 347 g/mol. The van der Waals surface area contributed by atoms with Crippen molar-refractivity contribution in [2.75, 3.05) is 6.54 Å². The van der Waals surface area contributed by atoms with Crippen molar-refractivity contribution in [2.45, 2.75) is 43.3 Å². The van der Waals surface area contributed by atoms with Gasteiger partial charge < -0.3 is 0 Å². The van der Waals surface area contributed by atoms with E-state index in [9.17, 15) is 13.2 Å². The first-order valence-corrected chi connectivity index (χ1v) is 12.2. The van der Waals surface area contributed by atoms with E-state index in [1.807, 2.05) is 13.8 Å². The Morgan fingerprint density at radius 2 is 1.61 bits per heavy atom. The first-order valence-electron chi connectivity index (χ1n) is 5.84. The quantitative estimate of drug-likeness (QED) is 0.699. The van der Waals surface area contributed by atoms with E-state index < -0.39 is 34.4 Å². The van der Waals surface area contributed by atoms with Crippen LogP contribution in [0, 0.1) is 0 Å². The SMILES string of the molecule is CCN1C(=O)C([PH2]=S)([PH2]=S)C(CC)(CC)S1(=O)=O. The highest BCUT2D eigenvalue weighted by Crippen LogP contribution is 2.58. The second kappa shape index (κ2) is 5.61. The molecule has 0 aromatic carbocycles. The molecule has 106 valence electrons. The second-order valence-electron chi connectivity index (χ2n) is 4.28. The molecule has 0 spiro atoms. The van der Waals surface area contributed by atoms with Crippen LogP contribution in [-0.2, 0) is 38.4 Å². The Balaban J connectivity index is 3.76. The molecule has 0 aliphatic carbocycles. The van der Waals surface area contributed by atoms with Crippen molar-refractivity contribution < 1.29 is 13.2 Å². The minimum absolute atomic E-state index is 0.175. The molecular weight excluding hydrogens is 328 g/mol. The fourth-order valence-electron chi connectivity index (χ4n) is 2.79. The monoisotopic (exact) mass is 347 g/mol. The number of amides is 1. The van der Waals surface area contributed by atoms with Gasteiger partial charge in [0.15, 0.2) is 0 Å². The summed E-state index contributed by atoms with van der Waals surface area (Å²) < 4.78 is 25.3. The number of carbonyl (C=O) groups excluding carboxylic acids is 1. The van der Waals surface area contributed by atoms with Crippen LogP contribution in [0.1, 0.15) is 33.6 Å². The molecule has 1 aliphatic heterocycles. The van der Waals surface area contributed by atoms with E-state index in [1.165, 1.54) is 0 Å². The summed E-state index contributed by atoms with van der Waals surface area (Å²) in [6.45, 7) is 5.49. The number of nitrogens with zero attached hydrogens (tertiary/aromatic N) is 1. The predicted molar refractivity (Wildman–Crippen MR) is 86.5 cm³/mol. The normalized spacial score (nSPS) is 31.1. The Bertz CT molecular complexity index is 479. The molecule has 1 amide bonds. The standard InChI is InChI=1S/C9H19NO3P2S3/c1-4-8(5-2)9(14-16,15-17)7(11)10(6-3)18(8,12)13/h4-6,14-15H2,1-3H3. The molecule has 0 N–H and O–H groups in total. The Morgan fingerprint density at radius 1 is 1.17 bits per heavy atom. The van der Waals surface area contributed by atoms with Crippen LogP contribution >= 0.6 is 14.7 Å². The Kier molecular flexibility index (Phi) is 5.23. The molecule has 0 aromatic rings. The van der Waals surface area contributed by atoms with Crippen LogP contribution in [0.15, 0.2) is 0 Å². The van der Waals surface area contributed by atoms with Gasteiger partial charge in [-0.1, -0.05) is 13.8 Å². The fraction of sp³-hybridized carbons (Fsp3) is 0.889. The number of hydrogen-bond acceptors (Lipinski definition) is 5. The van der Waals surface area contributed by atoms with Crippen LogP contribution in [0.5, 0.6) is 0 Å². The maximum Gasteiger partial charge on any atom is 0.253 e. The highest BCUT2D eigenvalue weighted by molar-refractivity contribution is 8.08. The average Bonchev–Trinajstić information content (AvgIpc) is 2.50. The summed E-state index contributed by atoms with van der Waals surface area (Å²) in [4.78, 5) is 11.6. The maximum atomic E-state index is 12.7. The zero-order valence-corrected chi connectivity index (χ0v) is 15.4. The molecule has 9 heteroatoms. The summed E-state index contributed by atoms with van der Waals surface area (Å²) in [5, 5.41) is 0. The van der Waals surface area contributed by atoms with Crippen molar-refractivity contribution >= 4 is 54.3 Å². The zero-order chi connectivity index (χ0) is 14.2. The van der Waals surface area contributed by atoms with Crippen molar-refractivity contribution in [1.29, 1.82) is 0 Å². The van der Waals surface area contributed by atoms with Crippen molar-refractivity contribution in [3.05, 3.63) is 0 Å². The zero-order valence-electron chi connectivity index (χ0n) is 10.7. The van der Waals surface area contributed by atoms with Gasteiger partial charge in [-0.25, -0.2) is 12.7 Å². The Hall–Kier alpha value is 0.720. The van der Waals surface area contributed by atoms with Crippen LogP contribution in [0.25, 0.3) is 0 Å². The van der Waals surface area contributed by atoms with Crippen LogP contribution in [0.2, 0.25) is 0 Å². The van der Waals surface area contributed by atoms with Crippen LogP contribution in [0.3, 0.4) is 0 Å². The molecule has 1 saturated heterocycles. The lowest BCUT2D eigenvalue weighted by molar-refractivity contribution is -0.125. The van der Waals surface area contributed by atoms with Gasteiger partial charge in [0.1, 0.15) is 9.64 Å². The molecular formula is C9H19NO3P2S3. The molecule has 1 rings (SSSR count). The van der Waals surface area contributed by atoms with Crippen molar-refractivity contribution in [3.63, 3.8) is 0 Å². The van der Waals surface area contributed by atoms with E-state index in [0.29, 0.717) is 12.8 Å². The number of sulfonamides is 1. The smallest absolute Gasteiger partial charge is 0.253 e. The van der Waals surface area contributed by atoms with Gasteiger partial charge in [-0.2, -0.15) is 0 Å². The topological polar surface area (TPSA) is 54.5 Å². The van der Waals surface area contributed by atoms with Gasteiger partial charge in [0, 0.05) is 6.54 Å². The molecule has 18 heavy (non-hydrogen) atoms. The highest BCUT2D eigenvalue weighted by atomic mass is 32.4. The molecule has 1 heterocycles. The van der Waals surface area contributed by atoms with Crippen molar-refractivity contribution in [1.82, 2.24) is 4.31 Å². The molecule has 2 atom stereocenters. The number of rotatable bonds is 5. The first kappa shape index (κ1) is 16.8. The Labute approximate surface area is 121 Å². The Morgan fingerprint density at radius 3 is 1.83 bits per heavy atom. The van der Waals surface area contributed by atoms with E-state index in [2.05, 4.69) is 0 Å². The third-order valence-electron chi connectivity index (χ3n) is 3.92. The summed E-state index contributed by atoms with van der Waals surface area (Å²) in [6.07, 6.45) is 0.808. The van der Waals surface area contributed by atoms with E-state index in [-0.39, 0.29) is 12.5 Å². The second-order valence-corrected chi connectivity index (χ2v) is 10.8. The van der Waals surface area contributed by atoms with E-state index >= 15 is 0 Å². The summed E-state index contributed by atoms with van der Waals surface area (Å²) in [5.41, 5.74) is 0. The number of hydrogen-bond donors (Lipinski definition) is 0. The minimum atomic E-state index is -3.63. The van der Waals surface area contributed by atoms with Gasteiger partial charge in [0.05, 0.1) is 0 Å². The molecule has 2 unspecified atom stereocenters. The molecule has 0 aromatic heterocycles. The summed E-state index contributed by atoms with van der Waals surface area (Å²) >= 11 is 10.4. The molecule has 1 fully saturated rings. The van der Waals surface area contributed by atoms with Crippen LogP contribution in [0.4, 0.5) is 0 Å². The molecule has 0 saturated carbocycles. The van der Waals surface area contributed by atoms with Gasteiger partial charge in [0.25, 0.3) is 5.91 Å². The van der Waals surface area contributed by atoms with Crippen LogP contribution in [-0.4, -0.2) is 34.8 Å². The maximum absolute atomic E-state index is 12.7. The summed E-state index contributed by atoms with van der Waals surface area (Å²) in [5.74, 6) is -0.330. The van der Waals surface area contributed by atoms with E-state index in [1.54, 1.807) is 6.92 Å². The van der Waals surface area contributed by atoms with Gasteiger partial charge in [0.2, 0.25) is 10.0 Å². The van der Waals surface area contributed by atoms with Gasteiger partial charge in [-0.15, -0.1) is 23.6 Å². The van der Waals surface area contributed by atoms with Crippen LogP contribution < -0.4 is 0 Å². The minimum Gasteiger partial charge on any atom is -0.272 e. The molecule has 0 bridgehead atoms. The first-order chi connectivity index (χ1) is 8.35. The summed E-state index contributed by atoms with van der Waals surface area (Å²) in [6, 6.07) is 0. The number of carbonyl (C=O) groups is 1. The molecule has 0 radical (unpaired) electrons. The van der Waals surface area contributed by atoms with E-state index in [0.717, 1.165) is 4.31 Å². The molecule has 4 nitrogen and oxygen atoms in total. The fourth-order valence-corrected chi connectivity index (χ4v) is 13.0. The van der Waals surface area contributed by atoms with Crippen molar-refractivity contribution in [2.24, 2.45) is 0 Å². The molecule has 1 aliphatic rings.